The summed E-state index contributed by atoms with van der Waals surface area (Å²) in [6.07, 6.45) is 4.58. The van der Waals surface area contributed by atoms with E-state index in [0.717, 1.165) is 12.8 Å². The molecule has 1 amide bonds. The van der Waals surface area contributed by atoms with E-state index in [2.05, 4.69) is 6.07 Å². The van der Waals surface area contributed by atoms with Gasteiger partial charge in [-0.1, -0.05) is 6.07 Å². The van der Waals surface area contributed by atoms with E-state index in [1.807, 2.05) is 19.1 Å². The molecule has 0 spiro atoms. The minimum absolute atomic E-state index is 0.0432. The van der Waals surface area contributed by atoms with Crippen molar-refractivity contribution < 1.29 is 19.4 Å². The van der Waals surface area contributed by atoms with Crippen LogP contribution in [0.25, 0.3) is 0 Å². The Bertz CT molecular complexity index is 541. The molecule has 0 atom stereocenters. The van der Waals surface area contributed by atoms with Gasteiger partial charge in [0, 0.05) is 13.1 Å². The van der Waals surface area contributed by atoms with Crippen molar-refractivity contribution >= 4 is 11.9 Å². The topological polar surface area (TPSA) is 66.8 Å². The summed E-state index contributed by atoms with van der Waals surface area (Å²) < 4.78 is 5.58. The number of aliphatic carboxylic acids is 1. The molecule has 0 saturated carbocycles. The van der Waals surface area contributed by atoms with Crippen molar-refractivity contribution in [3.05, 3.63) is 29.3 Å². The second kappa shape index (κ2) is 7.82. The van der Waals surface area contributed by atoms with Gasteiger partial charge in [-0.3, -0.25) is 9.59 Å². The maximum atomic E-state index is 12.1. The summed E-state index contributed by atoms with van der Waals surface area (Å²) in [4.78, 5) is 24.2. The number of benzene rings is 1. The van der Waals surface area contributed by atoms with Crippen molar-refractivity contribution in [2.24, 2.45) is 0 Å². The third kappa shape index (κ3) is 4.48. The standard InChI is InChI=1S/C17H23NO4/c1-2-18(10-9-17(20)21)16(19)12-22-15-8-7-13-5-3-4-6-14(13)11-15/h7-8,11H,2-6,9-10,12H2,1H3,(H,20,21). The summed E-state index contributed by atoms with van der Waals surface area (Å²) in [5.41, 5.74) is 2.69. The van der Waals surface area contributed by atoms with Crippen LogP contribution in [0.5, 0.6) is 5.75 Å². The number of carboxylic acids is 1. The van der Waals surface area contributed by atoms with E-state index in [1.54, 1.807) is 0 Å². The van der Waals surface area contributed by atoms with Crippen LogP contribution in [-0.4, -0.2) is 41.6 Å². The van der Waals surface area contributed by atoms with Crippen molar-refractivity contribution in [2.75, 3.05) is 19.7 Å². The number of ether oxygens (including phenoxy) is 1. The van der Waals surface area contributed by atoms with Gasteiger partial charge in [-0.2, -0.15) is 0 Å². The molecular formula is C17H23NO4. The fraction of sp³-hybridized carbons (Fsp3) is 0.529. The van der Waals surface area contributed by atoms with Gasteiger partial charge in [0.1, 0.15) is 5.75 Å². The third-order valence-corrected chi connectivity index (χ3v) is 4.01. The second-order valence-corrected chi connectivity index (χ2v) is 5.54. The number of carbonyl (C=O) groups is 2. The first-order valence-corrected chi connectivity index (χ1v) is 7.84. The molecule has 0 bridgehead atoms. The molecule has 1 aromatic carbocycles. The van der Waals surface area contributed by atoms with Crippen LogP contribution < -0.4 is 4.74 Å². The van der Waals surface area contributed by atoms with Gasteiger partial charge in [0.2, 0.25) is 0 Å². The van der Waals surface area contributed by atoms with E-state index < -0.39 is 5.97 Å². The number of carbonyl (C=O) groups excluding carboxylic acids is 1. The van der Waals surface area contributed by atoms with Crippen LogP contribution in [0.15, 0.2) is 18.2 Å². The highest BCUT2D eigenvalue weighted by Crippen LogP contribution is 2.25. The molecule has 2 rings (SSSR count). The zero-order chi connectivity index (χ0) is 15.9. The number of likely N-dealkylation sites (N-methyl/N-ethyl adjacent to an activating group) is 1. The lowest BCUT2D eigenvalue weighted by atomic mass is 9.92. The zero-order valence-corrected chi connectivity index (χ0v) is 13.0. The van der Waals surface area contributed by atoms with Crippen molar-refractivity contribution in [3.8, 4) is 5.75 Å². The molecule has 0 saturated heterocycles. The van der Waals surface area contributed by atoms with Gasteiger partial charge in [0.25, 0.3) is 5.91 Å². The van der Waals surface area contributed by atoms with Gasteiger partial charge in [0.15, 0.2) is 6.61 Å². The molecular weight excluding hydrogens is 282 g/mol. The number of amides is 1. The first kappa shape index (κ1) is 16.3. The Labute approximate surface area is 130 Å². The van der Waals surface area contributed by atoms with Crippen molar-refractivity contribution in [1.29, 1.82) is 0 Å². The van der Waals surface area contributed by atoms with Crippen molar-refractivity contribution in [1.82, 2.24) is 4.90 Å². The monoisotopic (exact) mass is 305 g/mol. The van der Waals surface area contributed by atoms with E-state index in [-0.39, 0.29) is 25.5 Å². The molecule has 0 aromatic heterocycles. The highest BCUT2D eigenvalue weighted by Gasteiger charge is 2.15. The summed E-state index contributed by atoms with van der Waals surface area (Å²) >= 11 is 0. The molecule has 1 aliphatic carbocycles. The summed E-state index contributed by atoms with van der Waals surface area (Å²) in [5, 5.41) is 8.69. The summed E-state index contributed by atoms with van der Waals surface area (Å²) in [6, 6.07) is 6.01. The van der Waals surface area contributed by atoms with E-state index in [1.165, 1.54) is 28.9 Å². The minimum Gasteiger partial charge on any atom is -0.484 e. The fourth-order valence-corrected chi connectivity index (χ4v) is 2.73. The van der Waals surface area contributed by atoms with Crippen LogP contribution >= 0.6 is 0 Å². The molecule has 0 aliphatic heterocycles. The van der Waals surface area contributed by atoms with Crippen LogP contribution in [0, 0.1) is 0 Å². The van der Waals surface area contributed by atoms with E-state index in [0.29, 0.717) is 12.3 Å². The van der Waals surface area contributed by atoms with Gasteiger partial charge >= 0.3 is 5.97 Å². The molecule has 120 valence electrons. The highest BCUT2D eigenvalue weighted by molar-refractivity contribution is 5.78. The first-order chi connectivity index (χ1) is 10.6. The Morgan fingerprint density at radius 1 is 1.23 bits per heavy atom. The number of rotatable bonds is 7. The quantitative estimate of drug-likeness (QED) is 0.839. The summed E-state index contributed by atoms with van der Waals surface area (Å²) in [7, 11) is 0. The number of carboxylic acid groups (broad SMARTS) is 1. The average Bonchev–Trinajstić information content (AvgIpc) is 2.53. The molecule has 0 radical (unpaired) electrons. The number of aryl methyl sites for hydroxylation is 2. The molecule has 5 nitrogen and oxygen atoms in total. The molecule has 0 fully saturated rings. The number of hydrogen-bond donors (Lipinski definition) is 1. The second-order valence-electron chi connectivity index (χ2n) is 5.54. The number of hydrogen-bond acceptors (Lipinski definition) is 3. The Kier molecular flexibility index (Phi) is 5.81. The molecule has 0 heterocycles. The Morgan fingerprint density at radius 3 is 2.64 bits per heavy atom. The Morgan fingerprint density at radius 2 is 1.95 bits per heavy atom. The fourth-order valence-electron chi connectivity index (χ4n) is 2.73. The normalized spacial score (nSPS) is 13.3. The molecule has 22 heavy (non-hydrogen) atoms. The lowest BCUT2D eigenvalue weighted by molar-refractivity contribution is -0.139. The predicted molar refractivity (Wildman–Crippen MR) is 83.1 cm³/mol. The first-order valence-electron chi connectivity index (χ1n) is 7.84. The molecule has 5 heteroatoms. The SMILES string of the molecule is CCN(CCC(=O)O)C(=O)COc1ccc2c(c1)CCCC2. The van der Waals surface area contributed by atoms with Gasteiger partial charge in [-0.25, -0.2) is 0 Å². The Hall–Kier alpha value is -2.04. The van der Waals surface area contributed by atoms with Crippen molar-refractivity contribution in [2.45, 2.75) is 39.0 Å². The van der Waals surface area contributed by atoms with Gasteiger partial charge < -0.3 is 14.7 Å². The maximum absolute atomic E-state index is 12.1. The number of nitrogens with zero attached hydrogens (tertiary/aromatic N) is 1. The van der Waals surface area contributed by atoms with Crippen LogP contribution in [0.1, 0.15) is 37.3 Å². The molecule has 1 N–H and O–H groups in total. The van der Waals surface area contributed by atoms with Crippen LogP contribution in [-0.2, 0) is 22.4 Å². The largest absolute Gasteiger partial charge is 0.484 e. The van der Waals surface area contributed by atoms with Gasteiger partial charge in [0.05, 0.1) is 6.42 Å². The molecule has 1 aromatic rings. The van der Waals surface area contributed by atoms with Crippen LogP contribution in [0.4, 0.5) is 0 Å². The number of fused-ring (bicyclic) bond motifs is 1. The lowest BCUT2D eigenvalue weighted by Crippen LogP contribution is -2.36. The molecule has 1 aliphatic rings. The van der Waals surface area contributed by atoms with Gasteiger partial charge in [-0.05, 0) is 55.9 Å². The summed E-state index contributed by atoms with van der Waals surface area (Å²) in [6.45, 7) is 2.49. The third-order valence-electron chi connectivity index (χ3n) is 4.01. The van der Waals surface area contributed by atoms with E-state index >= 15 is 0 Å². The van der Waals surface area contributed by atoms with Gasteiger partial charge in [-0.15, -0.1) is 0 Å². The zero-order valence-electron chi connectivity index (χ0n) is 13.0. The van der Waals surface area contributed by atoms with Crippen LogP contribution in [0.3, 0.4) is 0 Å². The maximum Gasteiger partial charge on any atom is 0.305 e. The van der Waals surface area contributed by atoms with E-state index in [9.17, 15) is 9.59 Å². The van der Waals surface area contributed by atoms with E-state index in [4.69, 9.17) is 9.84 Å². The van der Waals surface area contributed by atoms with Crippen molar-refractivity contribution in [3.63, 3.8) is 0 Å². The van der Waals surface area contributed by atoms with Crippen LogP contribution in [0.2, 0.25) is 0 Å². The minimum atomic E-state index is -0.901. The average molecular weight is 305 g/mol. The summed E-state index contributed by atoms with van der Waals surface area (Å²) in [5.74, 6) is -0.369. The predicted octanol–water partition coefficient (Wildman–Crippen LogP) is 2.27. The molecule has 0 unspecified atom stereocenters. The highest BCUT2D eigenvalue weighted by atomic mass is 16.5. The lowest BCUT2D eigenvalue weighted by Gasteiger charge is -2.21. The Balaban J connectivity index is 1.88. The smallest absolute Gasteiger partial charge is 0.305 e.